The monoisotopic (exact) mass is 745 g/mol. The van der Waals surface area contributed by atoms with Crippen molar-refractivity contribution in [1.29, 1.82) is 0 Å². The number of aliphatic hydroxyl groups is 1. The first-order chi connectivity index (χ1) is 23.6. The smallest absolute Gasteiger partial charge is 0.253 e. The molecule has 6 N–H and O–H groups in total. The molecule has 0 aromatic heterocycles. The van der Waals surface area contributed by atoms with Crippen LogP contribution in [-0.4, -0.2) is 80.2 Å². The topological polar surface area (TPSA) is 189 Å². The van der Waals surface area contributed by atoms with Crippen molar-refractivity contribution < 1.29 is 37.4 Å². The van der Waals surface area contributed by atoms with E-state index in [1.54, 1.807) is 39.0 Å². The van der Waals surface area contributed by atoms with Crippen LogP contribution in [0.1, 0.15) is 50.5 Å². The van der Waals surface area contributed by atoms with E-state index in [9.17, 15) is 27.9 Å². The van der Waals surface area contributed by atoms with Gasteiger partial charge in [-0.2, -0.15) is 4.31 Å². The molecule has 15 heteroatoms. The summed E-state index contributed by atoms with van der Waals surface area (Å²) in [6.07, 6.45) is -1.18. The van der Waals surface area contributed by atoms with Crippen LogP contribution in [0.15, 0.2) is 77.7 Å². The Morgan fingerprint density at radius 2 is 1.57 bits per heavy atom. The fourth-order valence-electron chi connectivity index (χ4n) is 5.46. The zero-order valence-electron chi connectivity index (χ0n) is 29.4. The summed E-state index contributed by atoms with van der Waals surface area (Å²) in [5.74, 6) is -1.08. The molecule has 3 atom stereocenters. The van der Waals surface area contributed by atoms with Crippen molar-refractivity contribution in [2.24, 2.45) is 11.3 Å². The minimum absolute atomic E-state index is 0. The largest absolute Gasteiger partial charge is 0.454 e. The van der Waals surface area contributed by atoms with Crippen LogP contribution in [0.3, 0.4) is 0 Å². The average molecular weight is 746 g/mol. The van der Waals surface area contributed by atoms with E-state index in [4.69, 9.17) is 15.2 Å². The highest BCUT2D eigenvalue weighted by Gasteiger charge is 2.37. The number of carbonyl (C=O) groups is 3. The van der Waals surface area contributed by atoms with Crippen LogP contribution in [0.2, 0.25) is 0 Å². The van der Waals surface area contributed by atoms with Crippen LogP contribution in [0, 0.1) is 11.3 Å². The number of amides is 3. The zero-order chi connectivity index (χ0) is 36.6. The van der Waals surface area contributed by atoms with Gasteiger partial charge >= 0.3 is 0 Å². The fourth-order valence-corrected chi connectivity index (χ4v) is 7.10. The molecule has 13 nitrogen and oxygen atoms in total. The summed E-state index contributed by atoms with van der Waals surface area (Å²) in [5.41, 5.74) is 6.36. The molecule has 0 saturated heterocycles. The summed E-state index contributed by atoms with van der Waals surface area (Å²) >= 11 is 0. The number of hydrogen-bond acceptors (Lipinski definition) is 9. The van der Waals surface area contributed by atoms with Crippen LogP contribution in [-0.2, 0) is 26.0 Å². The summed E-state index contributed by atoms with van der Waals surface area (Å²) in [6, 6.07) is 17.9. The van der Waals surface area contributed by atoms with Gasteiger partial charge in [0.05, 0.1) is 29.1 Å². The Labute approximate surface area is 305 Å². The molecule has 0 saturated carbocycles. The molecule has 0 bridgehead atoms. The lowest BCUT2D eigenvalue weighted by molar-refractivity contribution is -0.132. The van der Waals surface area contributed by atoms with E-state index in [2.05, 4.69) is 16.0 Å². The molecule has 1 aliphatic heterocycles. The maximum atomic E-state index is 13.9. The van der Waals surface area contributed by atoms with Crippen LogP contribution < -0.4 is 31.2 Å². The molecule has 0 spiro atoms. The van der Waals surface area contributed by atoms with Crippen molar-refractivity contribution in [1.82, 2.24) is 20.3 Å². The van der Waals surface area contributed by atoms with Gasteiger partial charge in [0.1, 0.15) is 6.04 Å². The molecule has 0 fully saturated rings. The van der Waals surface area contributed by atoms with Crippen LogP contribution in [0.4, 0.5) is 5.69 Å². The molecule has 0 radical (unpaired) electrons. The predicted molar refractivity (Wildman–Crippen MR) is 196 cm³/mol. The second kappa shape index (κ2) is 17.7. The molecule has 3 aromatic carbocycles. The third-order valence-corrected chi connectivity index (χ3v) is 9.91. The Kier molecular flexibility index (Phi) is 14.3. The number of ether oxygens (including phenoxy) is 2. The number of carbonyl (C=O) groups excluding carboxylic acids is 3. The van der Waals surface area contributed by atoms with Crippen LogP contribution in [0.5, 0.6) is 11.5 Å². The van der Waals surface area contributed by atoms with E-state index >= 15 is 0 Å². The maximum Gasteiger partial charge on any atom is 0.253 e. The normalized spacial score (nSPS) is 14.3. The Bertz CT molecular complexity index is 1770. The number of nitrogens with zero attached hydrogens (tertiary/aromatic N) is 1. The number of sulfonamides is 1. The molecule has 51 heavy (non-hydrogen) atoms. The minimum Gasteiger partial charge on any atom is -0.454 e. The molecule has 4 rings (SSSR count). The quantitative estimate of drug-likeness (QED) is 0.146. The van der Waals surface area contributed by atoms with E-state index in [1.807, 2.05) is 44.2 Å². The number of aliphatic hydroxyl groups excluding tert-OH is 1. The van der Waals surface area contributed by atoms with Gasteiger partial charge in [-0.3, -0.25) is 14.4 Å². The number of hydrogen-bond donors (Lipinski definition) is 5. The molecule has 0 aliphatic carbocycles. The first-order valence-corrected chi connectivity index (χ1v) is 17.8. The Balaban J connectivity index is 0.00000702. The van der Waals surface area contributed by atoms with Crippen molar-refractivity contribution in [3.63, 3.8) is 0 Å². The van der Waals surface area contributed by atoms with Crippen LogP contribution in [0.25, 0.3) is 0 Å². The van der Waals surface area contributed by atoms with Gasteiger partial charge in [0.2, 0.25) is 28.6 Å². The second-order valence-electron chi connectivity index (χ2n) is 13.7. The summed E-state index contributed by atoms with van der Waals surface area (Å²) in [6.45, 7) is 8.39. The Morgan fingerprint density at radius 1 is 0.922 bits per heavy atom. The summed E-state index contributed by atoms with van der Waals surface area (Å²) in [7, 11) is -4.11. The van der Waals surface area contributed by atoms with Gasteiger partial charge in [-0.1, -0.05) is 77.1 Å². The van der Waals surface area contributed by atoms with Gasteiger partial charge in [-0.25, -0.2) is 8.42 Å². The number of nitrogens with two attached hydrogens (primary N) is 1. The first kappa shape index (κ1) is 41.1. The molecule has 3 aromatic rings. The van der Waals surface area contributed by atoms with Gasteiger partial charge in [-0.15, -0.1) is 12.4 Å². The van der Waals surface area contributed by atoms with Crippen molar-refractivity contribution in [2.45, 2.75) is 64.1 Å². The predicted octanol–water partition coefficient (Wildman–Crippen LogP) is 3.12. The van der Waals surface area contributed by atoms with Gasteiger partial charge in [0.15, 0.2) is 11.5 Å². The SMILES string of the molecule is CC(C)CN(C[C@@H](O)[C@H](Cc1ccccc1)NC(=O)[C@@H](NC(=O)CNC(=O)c1ccccc1N)C(C)(C)C)S(=O)(=O)c1ccc2c(c1)OCO2.Cl. The molecule has 1 heterocycles. The average Bonchev–Trinajstić information content (AvgIpc) is 3.53. The lowest BCUT2D eigenvalue weighted by Gasteiger charge is -2.34. The van der Waals surface area contributed by atoms with E-state index in [1.165, 1.54) is 28.6 Å². The minimum atomic E-state index is -4.11. The Hall–Kier alpha value is -4.37. The zero-order valence-corrected chi connectivity index (χ0v) is 31.1. The number of nitrogen functional groups attached to an aromatic ring is 1. The second-order valence-corrected chi connectivity index (χ2v) is 15.7. The number of rotatable bonds is 15. The van der Waals surface area contributed by atoms with E-state index in [0.29, 0.717) is 11.5 Å². The highest BCUT2D eigenvalue weighted by atomic mass is 35.5. The number of para-hydroxylation sites is 1. The van der Waals surface area contributed by atoms with Crippen molar-refractivity contribution in [2.75, 3.05) is 32.2 Å². The van der Waals surface area contributed by atoms with Crippen molar-refractivity contribution >= 4 is 45.8 Å². The first-order valence-electron chi connectivity index (χ1n) is 16.4. The Morgan fingerprint density at radius 3 is 2.22 bits per heavy atom. The van der Waals surface area contributed by atoms with Crippen molar-refractivity contribution in [3.05, 3.63) is 83.9 Å². The van der Waals surface area contributed by atoms with E-state index in [-0.39, 0.29) is 60.8 Å². The molecule has 1 aliphatic rings. The molecular weight excluding hydrogens is 698 g/mol. The van der Waals surface area contributed by atoms with Crippen LogP contribution >= 0.6 is 12.4 Å². The summed E-state index contributed by atoms with van der Waals surface area (Å²) in [4.78, 5) is 39.5. The lowest BCUT2D eigenvalue weighted by Crippen LogP contribution is -2.59. The molecule has 3 amide bonds. The highest BCUT2D eigenvalue weighted by Crippen LogP contribution is 2.35. The van der Waals surface area contributed by atoms with Gasteiger partial charge in [0, 0.05) is 24.8 Å². The number of halogens is 1. The number of nitrogens with one attached hydrogen (secondary N) is 3. The fraction of sp³-hybridized carbons (Fsp3) is 0.417. The number of anilines is 1. The molecule has 278 valence electrons. The number of fused-ring (bicyclic) bond motifs is 1. The third-order valence-electron chi connectivity index (χ3n) is 8.08. The summed E-state index contributed by atoms with van der Waals surface area (Å²) in [5, 5.41) is 19.8. The van der Waals surface area contributed by atoms with Crippen molar-refractivity contribution in [3.8, 4) is 11.5 Å². The summed E-state index contributed by atoms with van der Waals surface area (Å²) < 4.78 is 39.8. The molecular formula is C36H48ClN5O8S. The standard InChI is InChI=1S/C36H47N5O8S.ClH/c1-23(2)20-41(50(46,47)25-15-16-30-31(18-25)49-22-48-30)21-29(42)28(17-24-11-7-6-8-12-24)39-35(45)33(36(3,4)5)40-32(43)19-38-34(44)26-13-9-10-14-27(26)37;/h6-16,18,23,28-29,33,42H,17,19-22,37H2,1-5H3,(H,38,44)(H,39,45)(H,40,43);1H/t28-,29+,33+;/m0./s1. The number of benzene rings is 3. The maximum absolute atomic E-state index is 13.9. The lowest BCUT2D eigenvalue weighted by atomic mass is 9.85. The van der Waals surface area contributed by atoms with Gasteiger partial charge in [0.25, 0.3) is 5.91 Å². The van der Waals surface area contributed by atoms with E-state index < -0.39 is 57.9 Å². The molecule has 0 unspecified atom stereocenters. The van der Waals surface area contributed by atoms with Gasteiger partial charge < -0.3 is 36.3 Å². The van der Waals surface area contributed by atoms with Gasteiger partial charge in [-0.05, 0) is 47.6 Å². The third kappa shape index (κ3) is 11.1. The highest BCUT2D eigenvalue weighted by molar-refractivity contribution is 7.89. The van der Waals surface area contributed by atoms with E-state index in [0.717, 1.165) is 5.56 Å².